The third-order valence-electron chi connectivity index (χ3n) is 4.76. The minimum absolute atomic E-state index is 0.0978. The van der Waals surface area contributed by atoms with Crippen molar-refractivity contribution in [2.75, 3.05) is 13.1 Å². The number of rotatable bonds is 4. The zero-order valence-electron chi connectivity index (χ0n) is 14.1. The first-order valence-electron chi connectivity index (χ1n) is 8.37. The van der Waals surface area contributed by atoms with Crippen molar-refractivity contribution in [1.29, 1.82) is 0 Å². The number of amides is 2. The topological polar surface area (TPSA) is 87.5 Å². The Bertz CT molecular complexity index is 727. The smallest absolute Gasteiger partial charge is 0.335 e. The lowest BCUT2D eigenvalue weighted by Gasteiger charge is -2.37. The molecule has 1 saturated heterocycles. The molecule has 25 heavy (non-hydrogen) atoms. The van der Waals surface area contributed by atoms with Crippen molar-refractivity contribution in [3.8, 4) is 0 Å². The quantitative estimate of drug-likeness (QED) is 0.893. The maximum Gasteiger partial charge on any atom is 0.335 e. The molecule has 0 spiro atoms. The number of aromatic carboxylic acids is 1. The molecular weight excluding hydrogens is 320 g/mol. The van der Waals surface area contributed by atoms with Gasteiger partial charge in [0.15, 0.2) is 0 Å². The predicted molar refractivity (Wildman–Crippen MR) is 92.3 cm³/mol. The van der Waals surface area contributed by atoms with Gasteiger partial charge in [0.05, 0.1) is 17.9 Å². The van der Waals surface area contributed by atoms with Gasteiger partial charge in [0, 0.05) is 32.0 Å². The molecule has 7 heteroatoms. The molecule has 1 aliphatic heterocycles. The third kappa shape index (κ3) is 3.99. The summed E-state index contributed by atoms with van der Waals surface area (Å²) in [4.78, 5) is 29.2. The molecule has 3 rings (SSSR count). The van der Waals surface area contributed by atoms with Gasteiger partial charge in [-0.15, -0.1) is 0 Å². The van der Waals surface area contributed by atoms with Crippen LogP contribution < -0.4 is 5.32 Å². The average Bonchev–Trinajstić information content (AvgIpc) is 3.15. The van der Waals surface area contributed by atoms with Gasteiger partial charge in [-0.05, 0) is 30.0 Å². The van der Waals surface area contributed by atoms with Crippen LogP contribution in [0.5, 0.6) is 0 Å². The fraction of sp³-hybridized carbons (Fsp3) is 0.389. The minimum Gasteiger partial charge on any atom is -0.478 e. The average molecular weight is 342 g/mol. The summed E-state index contributed by atoms with van der Waals surface area (Å²) in [5.74, 6) is -0.467. The van der Waals surface area contributed by atoms with E-state index in [1.165, 1.54) is 0 Å². The summed E-state index contributed by atoms with van der Waals surface area (Å²) in [6.45, 7) is 3.96. The zero-order valence-corrected chi connectivity index (χ0v) is 14.1. The number of imidazole rings is 1. The van der Waals surface area contributed by atoms with E-state index >= 15 is 0 Å². The SMILES string of the molecule is CC1CCN(C(=O)NCc2ccc(C(=O)O)cc2)CC1n1ccnc1. The number of carboxylic acid groups (broad SMARTS) is 1. The molecule has 1 fully saturated rings. The second-order valence-corrected chi connectivity index (χ2v) is 6.45. The molecule has 0 radical (unpaired) electrons. The lowest BCUT2D eigenvalue weighted by atomic mass is 9.93. The summed E-state index contributed by atoms with van der Waals surface area (Å²) in [7, 11) is 0. The van der Waals surface area contributed by atoms with Gasteiger partial charge in [0.25, 0.3) is 0 Å². The van der Waals surface area contributed by atoms with Gasteiger partial charge in [0.1, 0.15) is 0 Å². The highest BCUT2D eigenvalue weighted by Gasteiger charge is 2.29. The molecule has 2 atom stereocenters. The predicted octanol–water partition coefficient (Wildman–Crippen LogP) is 2.37. The van der Waals surface area contributed by atoms with Crippen LogP contribution in [0.1, 0.15) is 35.3 Å². The second kappa shape index (κ2) is 7.38. The number of carbonyl (C=O) groups is 2. The lowest BCUT2D eigenvalue weighted by molar-refractivity contribution is 0.0697. The molecule has 1 aromatic heterocycles. The van der Waals surface area contributed by atoms with Gasteiger partial charge in [0.2, 0.25) is 0 Å². The molecular formula is C18H22N4O3. The summed E-state index contributed by atoms with van der Waals surface area (Å²) < 4.78 is 2.06. The maximum atomic E-state index is 12.5. The number of benzene rings is 1. The molecule has 0 saturated carbocycles. The first-order chi connectivity index (χ1) is 12.0. The van der Waals surface area contributed by atoms with E-state index in [4.69, 9.17) is 5.11 Å². The van der Waals surface area contributed by atoms with E-state index < -0.39 is 5.97 Å². The second-order valence-electron chi connectivity index (χ2n) is 6.45. The van der Waals surface area contributed by atoms with Crippen LogP contribution in [0.2, 0.25) is 0 Å². The van der Waals surface area contributed by atoms with E-state index in [9.17, 15) is 9.59 Å². The molecule has 1 aromatic carbocycles. The Kier molecular flexibility index (Phi) is 5.02. The first-order valence-corrected chi connectivity index (χ1v) is 8.37. The maximum absolute atomic E-state index is 12.5. The Labute approximate surface area is 146 Å². The van der Waals surface area contributed by atoms with E-state index in [0.717, 1.165) is 18.5 Å². The van der Waals surface area contributed by atoms with Crippen LogP contribution in [0.25, 0.3) is 0 Å². The highest BCUT2D eigenvalue weighted by Crippen LogP contribution is 2.27. The monoisotopic (exact) mass is 342 g/mol. The van der Waals surface area contributed by atoms with Crippen molar-refractivity contribution < 1.29 is 14.7 Å². The molecule has 0 bridgehead atoms. The molecule has 2 N–H and O–H groups in total. The van der Waals surface area contributed by atoms with Gasteiger partial charge < -0.3 is 19.9 Å². The van der Waals surface area contributed by atoms with E-state index in [0.29, 0.717) is 19.0 Å². The summed E-state index contributed by atoms with van der Waals surface area (Å²) in [5.41, 5.74) is 1.11. The molecule has 1 aliphatic rings. The molecule has 2 aromatic rings. The summed E-state index contributed by atoms with van der Waals surface area (Å²) in [5, 5.41) is 11.8. The lowest BCUT2D eigenvalue weighted by Crippen LogP contribution is -2.47. The number of nitrogens with zero attached hydrogens (tertiary/aromatic N) is 3. The first kappa shape index (κ1) is 17.0. The number of hydrogen-bond acceptors (Lipinski definition) is 3. The Balaban J connectivity index is 1.56. The van der Waals surface area contributed by atoms with Crippen LogP contribution in [-0.2, 0) is 6.54 Å². The fourth-order valence-electron chi connectivity index (χ4n) is 3.14. The van der Waals surface area contributed by atoms with E-state index in [2.05, 4.69) is 21.8 Å². The Morgan fingerprint density at radius 2 is 2.08 bits per heavy atom. The van der Waals surface area contributed by atoms with Gasteiger partial charge in [-0.3, -0.25) is 0 Å². The van der Waals surface area contributed by atoms with Gasteiger partial charge in [-0.2, -0.15) is 0 Å². The third-order valence-corrected chi connectivity index (χ3v) is 4.76. The minimum atomic E-state index is -0.955. The Morgan fingerprint density at radius 3 is 2.72 bits per heavy atom. The number of hydrogen-bond donors (Lipinski definition) is 2. The van der Waals surface area contributed by atoms with Crippen molar-refractivity contribution in [1.82, 2.24) is 19.8 Å². The number of piperidine rings is 1. The van der Waals surface area contributed by atoms with Crippen LogP contribution in [0.15, 0.2) is 43.0 Å². The number of carbonyl (C=O) groups excluding carboxylic acids is 1. The summed E-state index contributed by atoms with van der Waals surface area (Å²) in [6, 6.07) is 6.66. The number of likely N-dealkylation sites (tertiary alicyclic amines) is 1. The summed E-state index contributed by atoms with van der Waals surface area (Å²) in [6.07, 6.45) is 6.44. The van der Waals surface area contributed by atoms with Gasteiger partial charge >= 0.3 is 12.0 Å². The molecule has 0 aliphatic carbocycles. The van der Waals surface area contributed by atoms with Crippen molar-refractivity contribution in [3.63, 3.8) is 0 Å². The standard InChI is InChI=1S/C18H22N4O3/c1-13-6-8-21(11-16(13)22-9-7-19-12-22)18(25)20-10-14-2-4-15(5-3-14)17(23)24/h2-5,7,9,12-13,16H,6,8,10-11H2,1H3,(H,20,25)(H,23,24). The van der Waals surface area contributed by atoms with Crippen molar-refractivity contribution in [2.24, 2.45) is 5.92 Å². The summed E-state index contributed by atoms with van der Waals surface area (Å²) >= 11 is 0. The van der Waals surface area contributed by atoms with Crippen molar-refractivity contribution in [3.05, 3.63) is 54.1 Å². The van der Waals surface area contributed by atoms with Gasteiger partial charge in [-0.25, -0.2) is 14.6 Å². The molecule has 132 valence electrons. The van der Waals surface area contributed by atoms with E-state index in [-0.39, 0.29) is 17.6 Å². The fourth-order valence-corrected chi connectivity index (χ4v) is 3.14. The Hall–Kier alpha value is -2.83. The van der Waals surface area contributed by atoms with Crippen LogP contribution in [0, 0.1) is 5.92 Å². The highest BCUT2D eigenvalue weighted by molar-refractivity contribution is 5.87. The van der Waals surface area contributed by atoms with Crippen LogP contribution >= 0.6 is 0 Å². The van der Waals surface area contributed by atoms with Crippen molar-refractivity contribution >= 4 is 12.0 Å². The van der Waals surface area contributed by atoms with Crippen LogP contribution in [0.3, 0.4) is 0 Å². The highest BCUT2D eigenvalue weighted by atomic mass is 16.4. The normalized spacial score (nSPS) is 20.3. The molecule has 2 unspecified atom stereocenters. The number of nitrogens with one attached hydrogen (secondary N) is 1. The Morgan fingerprint density at radius 1 is 1.32 bits per heavy atom. The largest absolute Gasteiger partial charge is 0.478 e. The molecule has 2 amide bonds. The van der Waals surface area contributed by atoms with Crippen LogP contribution in [0.4, 0.5) is 4.79 Å². The van der Waals surface area contributed by atoms with E-state index in [1.54, 1.807) is 36.8 Å². The number of urea groups is 1. The number of aromatic nitrogens is 2. The number of carboxylic acids is 1. The van der Waals surface area contributed by atoms with Crippen LogP contribution in [-0.4, -0.2) is 44.6 Å². The van der Waals surface area contributed by atoms with Crippen molar-refractivity contribution in [2.45, 2.75) is 25.9 Å². The van der Waals surface area contributed by atoms with E-state index in [1.807, 2.05) is 11.1 Å². The zero-order chi connectivity index (χ0) is 17.8. The van der Waals surface area contributed by atoms with Gasteiger partial charge in [-0.1, -0.05) is 19.1 Å². The molecule has 7 nitrogen and oxygen atoms in total. The molecule has 2 heterocycles.